The van der Waals surface area contributed by atoms with Gasteiger partial charge in [0.1, 0.15) is 0 Å². The SMILES string of the molecule is Cc1cccc(CN2CCN(C(=O)CCn3ncc4ccccc43)CC2)c1. The molecule has 0 saturated carbocycles. The number of carbonyl (C=O) groups excluding carboxylic acids is 1. The van der Waals surface area contributed by atoms with Gasteiger partial charge in [0.15, 0.2) is 0 Å². The van der Waals surface area contributed by atoms with Crippen LogP contribution in [-0.2, 0) is 17.9 Å². The molecule has 5 heteroatoms. The van der Waals surface area contributed by atoms with Gasteiger partial charge in [-0.05, 0) is 18.6 Å². The Morgan fingerprint density at radius 3 is 2.67 bits per heavy atom. The summed E-state index contributed by atoms with van der Waals surface area (Å²) in [6.45, 7) is 7.21. The zero-order chi connectivity index (χ0) is 18.6. The fourth-order valence-corrected chi connectivity index (χ4v) is 3.79. The van der Waals surface area contributed by atoms with Gasteiger partial charge in [-0.25, -0.2) is 0 Å². The zero-order valence-electron chi connectivity index (χ0n) is 15.8. The van der Waals surface area contributed by atoms with Gasteiger partial charge >= 0.3 is 0 Å². The summed E-state index contributed by atoms with van der Waals surface area (Å²) in [6.07, 6.45) is 2.37. The summed E-state index contributed by atoms with van der Waals surface area (Å²) >= 11 is 0. The Morgan fingerprint density at radius 1 is 1.04 bits per heavy atom. The summed E-state index contributed by atoms with van der Waals surface area (Å²) in [4.78, 5) is 17.0. The smallest absolute Gasteiger partial charge is 0.224 e. The van der Waals surface area contributed by atoms with Crippen molar-refractivity contribution in [1.82, 2.24) is 19.6 Å². The van der Waals surface area contributed by atoms with Crippen LogP contribution in [0.15, 0.2) is 54.7 Å². The van der Waals surface area contributed by atoms with Crippen LogP contribution in [0.25, 0.3) is 10.9 Å². The van der Waals surface area contributed by atoms with Gasteiger partial charge in [0.25, 0.3) is 0 Å². The number of fused-ring (bicyclic) bond motifs is 1. The van der Waals surface area contributed by atoms with Crippen LogP contribution in [0.4, 0.5) is 0 Å². The Morgan fingerprint density at radius 2 is 1.85 bits per heavy atom. The molecule has 1 amide bonds. The van der Waals surface area contributed by atoms with E-state index in [2.05, 4.69) is 47.3 Å². The molecular formula is C22H26N4O. The summed E-state index contributed by atoms with van der Waals surface area (Å²) in [5.74, 6) is 0.227. The van der Waals surface area contributed by atoms with Gasteiger partial charge in [0.2, 0.25) is 5.91 Å². The lowest BCUT2D eigenvalue weighted by Crippen LogP contribution is -2.48. The second-order valence-electron chi connectivity index (χ2n) is 7.32. The van der Waals surface area contributed by atoms with E-state index >= 15 is 0 Å². The molecule has 5 nitrogen and oxygen atoms in total. The van der Waals surface area contributed by atoms with Crippen molar-refractivity contribution in [2.24, 2.45) is 0 Å². The minimum absolute atomic E-state index is 0.227. The molecule has 1 saturated heterocycles. The molecule has 0 atom stereocenters. The Kier molecular flexibility index (Phi) is 5.21. The van der Waals surface area contributed by atoms with Crippen molar-refractivity contribution in [1.29, 1.82) is 0 Å². The molecular weight excluding hydrogens is 336 g/mol. The van der Waals surface area contributed by atoms with E-state index < -0.39 is 0 Å². The Hall–Kier alpha value is -2.66. The molecule has 1 aliphatic heterocycles. The second-order valence-corrected chi connectivity index (χ2v) is 7.32. The second kappa shape index (κ2) is 7.92. The molecule has 140 valence electrons. The zero-order valence-corrected chi connectivity index (χ0v) is 15.8. The van der Waals surface area contributed by atoms with Crippen LogP contribution in [0.5, 0.6) is 0 Å². The lowest BCUT2D eigenvalue weighted by atomic mass is 10.1. The van der Waals surface area contributed by atoms with Crippen molar-refractivity contribution < 1.29 is 4.79 Å². The number of benzene rings is 2. The fourth-order valence-electron chi connectivity index (χ4n) is 3.79. The number of rotatable bonds is 5. The third kappa shape index (κ3) is 4.19. The van der Waals surface area contributed by atoms with Crippen LogP contribution in [0.3, 0.4) is 0 Å². The molecule has 2 heterocycles. The van der Waals surface area contributed by atoms with Gasteiger partial charge in [0.05, 0.1) is 18.3 Å². The van der Waals surface area contributed by atoms with Crippen LogP contribution in [-0.4, -0.2) is 51.7 Å². The lowest BCUT2D eigenvalue weighted by Gasteiger charge is -2.35. The molecule has 0 aliphatic carbocycles. The predicted octanol–water partition coefficient (Wildman–Crippen LogP) is 3.08. The van der Waals surface area contributed by atoms with E-state index in [1.807, 2.05) is 34.0 Å². The van der Waals surface area contributed by atoms with Crippen molar-refractivity contribution >= 4 is 16.8 Å². The molecule has 1 fully saturated rings. The first-order valence-corrected chi connectivity index (χ1v) is 9.65. The Balaban J connectivity index is 1.27. The topological polar surface area (TPSA) is 41.4 Å². The maximum Gasteiger partial charge on any atom is 0.224 e. The molecule has 1 aromatic heterocycles. The highest BCUT2D eigenvalue weighted by Crippen LogP contribution is 2.14. The van der Waals surface area contributed by atoms with E-state index in [-0.39, 0.29) is 5.91 Å². The fraction of sp³-hybridized carbons (Fsp3) is 0.364. The number of aryl methyl sites for hydroxylation is 2. The number of hydrogen-bond donors (Lipinski definition) is 0. The van der Waals surface area contributed by atoms with Gasteiger partial charge in [-0.3, -0.25) is 14.4 Å². The van der Waals surface area contributed by atoms with Gasteiger partial charge < -0.3 is 4.90 Å². The number of para-hydroxylation sites is 1. The lowest BCUT2D eigenvalue weighted by molar-refractivity contribution is -0.133. The third-order valence-electron chi connectivity index (χ3n) is 5.30. The van der Waals surface area contributed by atoms with E-state index in [0.29, 0.717) is 13.0 Å². The van der Waals surface area contributed by atoms with Gasteiger partial charge in [0, 0.05) is 44.5 Å². The molecule has 0 N–H and O–H groups in total. The monoisotopic (exact) mass is 362 g/mol. The molecule has 0 radical (unpaired) electrons. The summed E-state index contributed by atoms with van der Waals surface area (Å²) < 4.78 is 1.93. The average molecular weight is 362 g/mol. The maximum atomic E-state index is 12.6. The van der Waals surface area contributed by atoms with Gasteiger partial charge in [-0.1, -0.05) is 48.0 Å². The Bertz CT molecular complexity index is 925. The van der Waals surface area contributed by atoms with Crippen LogP contribution in [0.1, 0.15) is 17.5 Å². The number of carbonyl (C=O) groups is 1. The number of hydrogen-bond acceptors (Lipinski definition) is 3. The molecule has 0 bridgehead atoms. The summed E-state index contributed by atoms with van der Waals surface area (Å²) in [6, 6.07) is 16.8. The standard InChI is InChI=1S/C22H26N4O/c1-18-5-4-6-19(15-18)17-24-11-13-25(14-12-24)22(27)9-10-26-21-8-3-2-7-20(21)16-23-26/h2-8,15-16H,9-14,17H2,1H3. The molecule has 1 aliphatic rings. The molecule has 2 aromatic carbocycles. The summed E-state index contributed by atoms with van der Waals surface area (Å²) in [5.41, 5.74) is 3.74. The van der Waals surface area contributed by atoms with Crippen molar-refractivity contribution in [2.45, 2.75) is 26.4 Å². The van der Waals surface area contributed by atoms with Crippen molar-refractivity contribution in [3.63, 3.8) is 0 Å². The largest absolute Gasteiger partial charge is 0.340 e. The summed E-state index contributed by atoms with van der Waals surface area (Å²) in [5, 5.41) is 5.54. The third-order valence-corrected chi connectivity index (χ3v) is 5.30. The molecule has 0 spiro atoms. The first kappa shape index (κ1) is 17.7. The molecule has 3 aromatic rings. The molecule has 4 rings (SSSR count). The van der Waals surface area contributed by atoms with Crippen LogP contribution in [0.2, 0.25) is 0 Å². The van der Waals surface area contributed by atoms with Crippen LogP contribution in [0, 0.1) is 6.92 Å². The normalized spacial score (nSPS) is 15.4. The van der Waals surface area contributed by atoms with Crippen molar-refractivity contribution in [3.05, 3.63) is 65.9 Å². The van der Waals surface area contributed by atoms with E-state index in [1.165, 1.54) is 11.1 Å². The molecule has 27 heavy (non-hydrogen) atoms. The van der Waals surface area contributed by atoms with Gasteiger partial charge in [-0.2, -0.15) is 5.10 Å². The first-order chi connectivity index (χ1) is 13.2. The van der Waals surface area contributed by atoms with E-state index in [0.717, 1.165) is 43.6 Å². The highest BCUT2D eigenvalue weighted by molar-refractivity contribution is 5.79. The Labute approximate surface area is 160 Å². The van der Waals surface area contributed by atoms with Gasteiger partial charge in [-0.15, -0.1) is 0 Å². The maximum absolute atomic E-state index is 12.6. The quantitative estimate of drug-likeness (QED) is 0.700. The van der Waals surface area contributed by atoms with Crippen molar-refractivity contribution in [2.75, 3.05) is 26.2 Å². The highest BCUT2D eigenvalue weighted by atomic mass is 16.2. The van der Waals surface area contributed by atoms with Crippen LogP contribution < -0.4 is 0 Å². The first-order valence-electron chi connectivity index (χ1n) is 9.65. The average Bonchev–Trinajstić information content (AvgIpc) is 3.10. The number of nitrogens with zero attached hydrogens (tertiary/aromatic N) is 4. The van der Waals surface area contributed by atoms with E-state index in [9.17, 15) is 4.79 Å². The van der Waals surface area contributed by atoms with Crippen molar-refractivity contribution in [3.8, 4) is 0 Å². The minimum Gasteiger partial charge on any atom is -0.340 e. The number of amides is 1. The van der Waals surface area contributed by atoms with E-state index in [4.69, 9.17) is 0 Å². The molecule has 0 unspecified atom stereocenters. The highest BCUT2D eigenvalue weighted by Gasteiger charge is 2.21. The van der Waals surface area contributed by atoms with Crippen LogP contribution >= 0.6 is 0 Å². The summed E-state index contributed by atoms with van der Waals surface area (Å²) in [7, 11) is 0. The predicted molar refractivity (Wildman–Crippen MR) is 107 cm³/mol. The van der Waals surface area contributed by atoms with E-state index in [1.54, 1.807) is 0 Å². The number of aromatic nitrogens is 2. The minimum atomic E-state index is 0.227. The number of piperazine rings is 1.